The molecule has 1 aliphatic heterocycles. The average molecular weight is 280 g/mol. The Kier molecular flexibility index (Phi) is 3.97. The maximum absolute atomic E-state index is 12.8. The fraction of sp³-hybridized carbons (Fsp3) is 0.308. The molecule has 0 bridgehead atoms. The second kappa shape index (κ2) is 5.68. The largest absolute Gasteiger partial charge is 0.469 e. The third kappa shape index (κ3) is 2.93. The van der Waals surface area contributed by atoms with E-state index < -0.39 is 29.5 Å². The number of benzene rings is 1. The van der Waals surface area contributed by atoms with Crippen molar-refractivity contribution in [2.45, 2.75) is 6.42 Å². The van der Waals surface area contributed by atoms with E-state index in [1.165, 1.54) is 19.2 Å². The van der Waals surface area contributed by atoms with Gasteiger partial charge in [-0.1, -0.05) is 0 Å². The summed E-state index contributed by atoms with van der Waals surface area (Å²) >= 11 is 0. The topological polar surface area (TPSA) is 75.7 Å². The summed E-state index contributed by atoms with van der Waals surface area (Å²) in [7, 11) is 1.22. The molecule has 7 heteroatoms. The zero-order valence-electron chi connectivity index (χ0n) is 10.8. The number of amides is 2. The Balaban J connectivity index is 2.14. The third-order valence-electron chi connectivity index (χ3n) is 2.97. The number of hydrogen-bond donors (Lipinski definition) is 1. The molecule has 106 valence electrons. The lowest BCUT2D eigenvalue weighted by molar-refractivity contribution is -0.151. The molecule has 0 aromatic heterocycles. The first-order valence-corrected chi connectivity index (χ1v) is 5.96. The highest BCUT2D eigenvalue weighted by Crippen LogP contribution is 2.15. The van der Waals surface area contributed by atoms with Gasteiger partial charge < -0.3 is 4.74 Å². The van der Waals surface area contributed by atoms with Gasteiger partial charge in [-0.3, -0.25) is 19.8 Å². The van der Waals surface area contributed by atoms with Crippen LogP contribution in [0.3, 0.4) is 0 Å². The number of halogens is 1. The van der Waals surface area contributed by atoms with E-state index in [1.54, 1.807) is 0 Å². The second-order valence-electron chi connectivity index (χ2n) is 4.38. The molecule has 0 radical (unpaired) electrons. The van der Waals surface area contributed by atoms with Crippen molar-refractivity contribution in [3.05, 3.63) is 35.6 Å². The maximum atomic E-state index is 12.8. The van der Waals surface area contributed by atoms with Gasteiger partial charge in [-0.15, -0.1) is 0 Å². The van der Waals surface area contributed by atoms with Crippen LogP contribution in [0.25, 0.3) is 0 Å². The van der Waals surface area contributed by atoms with Crippen LogP contribution in [0.15, 0.2) is 24.3 Å². The minimum absolute atomic E-state index is 0.0224. The Bertz CT molecular complexity index is 544. The Morgan fingerprint density at radius 3 is 2.60 bits per heavy atom. The lowest BCUT2D eigenvalue weighted by Crippen LogP contribution is -2.54. The van der Waals surface area contributed by atoms with E-state index in [9.17, 15) is 18.8 Å². The predicted molar refractivity (Wildman–Crippen MR) is 65.7 cm³/mol. The molecule has 1 fully saturated rings. The Morgan fingerprint density at radius 1 is 1.35 bits per heavy atom. The number of hydrogen-bond acceptors (Lipinski definition) is 4. The minimum atomic E-state index is -0.696. The van der Waals surface area contributed by atoms with Crippen LogP contribution in [-0.2, 0) is 14.3 Å². The van der Waals surface area contributed by atoms with E-state index in [0.29, 0.717) is 0 Å². The summed E-state index contributed by atoms with van der Waals surface area (Å²) in [6.45, 7) is 0.0224. The molecule has 1 aliphatic rings. The summed E-state index contributed by atoms with van der Waals surface area (Å²) in [5.74, 6) is -2.65. The van der Waals surface area contributed by atoms with Crippen LogP contribution in [0.4, 0.5) is 4.39 Å². The van der Waals surface area contributed by atoms with Crippen molar-refractivity contribution in [3.8, 4) is 0 Å². The number of hydrazine groups is 1. The zero-order valence-corrected chi connectivity index (χ0v) is 10.8. The van der Waals surface area contributed by atoms with E-state index in [2.05, 4.69) is 10.2 Å². The summed E-state index contributed by atoms with van der Waals surface area (Å²) < 4.78 is 17.4. The van der Waals surface area contributed by atoms with Gasteiger partial charge in [0.1, 0.15) is 5.82 Å². The molecular weight excluding hydrogens is 267 g/mol. The molecule has 20 heavy (non-hydrogen) atoms. The van der Waals surface area contributed by atoms with Crippen LogP contribution in [-0.4, -0.2) is 36.4 Å². The van der Waals surface area contributed by atoms with E-state index in [-0.39, 0.29) is 18.5 Å². The molecule has 6 nitrogen and oxygen atoms in total. The van der Waals surface area contributed by atoms with Crippen LogP contribution in [0, 0.1) is 11.7 Å². The average Bonchev–Trinajstić information content (AvgIpc) is 2.45. The summed E-state index contributed by atoms with van der Waals surface area (Å²) in [5, 5.41) is 1.04. The molecular formula is C13H13FN2O4. The Labute approximate surface area is 114 Å². The van der Waals surface area contributed by atoms with E-state index >= 15 is 0 Å². The molecule has 1 saturated heterocycles. The van der Waals surface area contributed by atoms with Crippen LogP contribution in [0.5, 0.6) is 0 Å². The molecule has 1 N–H and O–H groups in total. The van der Waals surface area contributed by atoms with Gasteiger partial charge in [-0.05, 0) is 24.3 Å². The number of nitrogens with zero attached hydrogens (tertiary/aromatic N) is 1. The summed E-state index contributed by atoms with van der Waals surface area (Å²) in [6.07, 6.45) is -0.0279. The highest BCUT2D eigenvalue weighted by atomic mass is 19.1. The Morgan fingerprint density at radius 2 is 2.00 bits per heavy atom. The Hall–Kier alpha value is -2.44. The highest BCUT2D eigenvalue weighted by Gasteiger charge is 2.33. The van der Waals surface area contributed by atoms with Crippen molar-refractivity contribution in [2.75, 3.05) is 13.7 Å². The number of carbonyl (C=O) groups is 3. The lowest BCUT2D eigenvalue weighted by Gasteiger charge is -2.31. The number of esters is 1. The van der Waals surface area contributed by atoms with Gasteiger partial charge in [0.05, 0.1) is 19.6 Å². The number of nitrogens with one attached hydrogen (secondary N) is 1. The van der Waals surface area contributed by atoms with Gasteiger partial charge in [-0.2, -0.15) is 0 Å². The van der Waals surface area contributed by atoms with E-state index in [0.717, 1.165) is 17.1 Å². The van der Waals surface area contributed by atoms with Crippen LogP contribution >= 0.6 is 0 Å². The van der Waals surface area contributed by atoms with Crippen molar-refractivity contribution in [3.63, 3.8) is 0 Å². The molecule has 0 aliphatic carbocycles. The molecule has 1 atom stereocenters. The van der Waals surface area contributed by atoms with Crippen molar-refractivity contribution in [2.24, 2.45) is 5.92 Å². The molecule has 1 aromatic rings. The quantitative estimate of drug-likeness (QED) is 0.800. The normalized spacial score (nSPS) is 18.4. The lowest BCUT2D eigenvalue weighted by atomic mass is 10.0. The zero-order chi connectivity index (χ0) is 14.7. The first-order chi connectivity index (χ1) is 9.51. The van der Waals surface area contributed by atoms with Gasteiger partial charge in [0.15, 0.2) is 0 Å². The molecule has 2 rings (SSSR count). The maximum Gasteiger partial charge on any atom is 0.311 e. The molecule has 1 heterocycles. The first-order valence-electron chi connectivity index (χ1n) is 5.96. The van der Waals surface area contributed by atoms with Gasteiger partial charge in [0.25, 0.3) is 5.91 Å². The minimum Gasteiger partial charge on any atom is -0.469 e. The number of methoxy groups -OCH3 is 1. The summed E-state index contributed by atoms with van der Waals surface area (Å²) in [6, 6.07) is 4.92. The smallest absolute Gasteiger partial charge is 0.311 e. The number of carbonyl (C=O) groups excluding carboxylic acids is 3. The van der Waals surface area contributed by atoms with E-state index in [4.69, 9.17) is 0 Å². The fourth-order valence-corrected chi connectivity index (χ4v) is 1.96. The molecule has 0 saturated carbocycles. The molecule has 1 aromatic carbocycles. The first kappa shape index (κ1) is 14.0. The summed E-state index contributed by atoms with van der Waals surface area (Å²) in [5.41, 5.74) is 2.60. The van der Waals surface area contributed by atoms with Gasteiger partial charge in [0, 0.05) is 12.0 Å². The fourth-order valence-electron chi connectivity index (χ4n) is 1.96. The van der Waals surface area contributed by atoms with Crippen molar-refractivity contribution < 1.29 is 23.5 Å². The van der Waals surface area contributed by atoms with E-state index in [1.807, 2.05) is 0 Å². The highest BCUT2D eigenvalue weighted by molar-refractivity contribution is 5.96. The van der Waals surface area contributed by atoms with Crippen molar-refractivity contribution >= 4 is 17.8 Å². The van der Waals surface area contributed by atoms with Crippen LogP contribution in [0.2, 0.25) is 0 Å². The monoisotopic (exact) mass is 280 g/mol. The van der Waals surface area contributed by atoms with Crippen LogP contribution < -0.4 is 5.43 Å². The summed E-state index contributed by atoms with van der Waals surface area (Å²) in [4.78, 5) is 35.1. The molecule has 2 amide bonds. The molecule has 1 unspecified atom stereocenters. The van der Waals surface area contributed by atoms with Crippen molar-refractivity contribution in [1.82, 2.24) is 10.4 Å². The van der Waals surface area contributed by atoms with Crippen molar-refractivity contribution in [1.29, 1.82) is 0 Å². The number of rotatable bonds is 2. The predicted octanol–water partition coefficient (Wildman–Crippen LogP) is 0.492. The second-order valence-corrected chi connectivity index (χ2v) is 4.38. The number of ether oxygens (including phenoxy) is 1. The van der Waals surface area contributed by atoms with Gasteiger partial charge >= 0.3 is 5.97 Å². The van der Waals surface area contributed by atoms with Gasteiger partial charge in [-0.25, -0.2) is 9.40 Å². The SMILES string of the molecule is COC(=O)C1CC(=O)NN(C(=O)c2ccc(F)cc2)C1. The molecule has 0 spiro atoms. The third-order valence-corrected chi connectivity index (χ3v) is 2.97. The van der Waals surface area contributed by atoms with Crippen LogP contribution in [0.1, 0.15) is 16.8 Å². The van der Waals surface area contributed by atoms with Gasteiger partial charge in [0.2, 0.25) is 5.91 Å². The standard InChI is InChI=1S/C13H13FN2O4/c1-20-13(19)9-6-11(17)15-16(7-9)12(18)8-2-4-10(14)5-3-8/h2-5,9H,6-7H2,1H3,(H,15,17).